The molecule has 0 aromatic heterocycles. The second-order valence-corrected chi connectivity index (χ2v) is 12.3. The second kappa shape index (κ2) is 10.7. The van der Waals surface area contributed by atoms with Crippen LogP contribution in [0.15, 0.2) is 6.07 Å². The number of rotatable bonds is 8. The maximum absolute atomic E-state index is 13.9. The standard InChI is InChI=1S/C29H40N4O7/c1-13(2)7-8-31-12-15-11-18(34)20-16(22(15)32(3)4)9-14-10-17-23(33(5)6)25(36)21(28(30)39)27(38)29(17,40)26(37)19(14)24(20)35/h11,13-14,17,19,21,23,31,34,40H,7-10,12H2,1-6H3,(H2,30,39)/t14-,17-,19?,21?,23-,29-/m0/s1. The van der Waals surface area contributed by atoms with Gasteiger partial charge in [0.15, 0.2) is 34.7 Å². The zero-order valence-electron chi connectivity index (χ0n) is 24.0. The quantitative estimate of drug-likeness (QED) is 0.254. The van der Waals surface area contributed by atoms with Crippen LogP contribution in [0, 0.1) is 29.6 Å². The lowest BCUT2D eigenvalue weighted by atomic mass is 9.52. The maximum atomic E-state index is 13.9. The van der Waals surface area contributed by atoms with Gasteiger partial charge in [-0.2, -0.15) is 0 Å². The summed E-state index contributed by atoms with van der Waals surface area (Å²) in [6.07, 6.45) is 1.23. The zero-order valence-corrected chi connectivity index (χ0v) is 24.0. The predicted octanol–water partition coefficient (Wildman–Crippen LogP) is 0.0687. The van der Waals surface area contributed by atoms with Crippen molar-refractivity contribution in [2.75, 3.05) is 39.6 Å². The Hall–Kier alpha value is -3.15. The number of carbonyl (C=O) groups excluding carboxylic acids is 5. The first kappa shape index (κ1) is 29.8. The highest BCUT2D eigenvalue weighted by atomic mass is 16.3. The SMILES string of the molecule is CC(C)CCNCc1cc(O)c2c(c1N(C)C)C[C@H]1C[C@H]3[C@H](N(C)C)C(=O)C(C(N)=O)C(=O)[C@@]3(O)C(=O)C1C2=O. The van der Waals surface area contributed by atoms with Gasteiger partial charge in [-0.15, -0.1) is 0 Å². The number of hydrogen-bond donors (Lipinski definition) is 4. The molecule has 2 saturated carbocycles. The lowest BCUT2D eigenvalue weighted by molar-refractivity contribution is -0.181. The average molecular weight is 557 g/mol. The van der Waals surface area contributed by atoms with Crippen LogP contribution >= 0.6 is 0 Å². The van der Waals surface area contributed by atoms with E-state index >= 15 is 0 Å². The number of nitrogens with two attached hydrogens (primary N) is 1. The molecule has 3 aliphatic carbocycles. The highest BCUT2D eigenvalue weighted by molar-refractivity contribution is 6.32. The fourth-order valence-electron chi connectivity index (χ4n) is 7.03. The third-order valence-electron chi connectivity index (χ3n) is 8.77. The van der Waals surface area contributed by atoms with Gasteiger partial charge in [-0.05, 0) is 68.9 Å². The highest BCUT2D eigenvalue weighted by Gasteiger charge is 2.69. The molecule has 11 nitrogen and oxygen atoms in total. The lowest BCUT2D eigenvalue weighted by Crippen LogP contribution is -2.74. The Kier molecular flexibility index (Phi) is 7.96. The van der Waals surface area contributed by atoms with Crippen molar-refractivity contribution < 1.29 is 34.2 Å². The van der Waals surface area contributed by atoms with E-state index < -0.39 is 64.4 Å². The van der Waals surface area contributed by atoms with Crippen LogP contribution in [0.25, 0.3) is 0 Å². The van der Waals surface area contributed by atoms with Gasteiger partial charge in [0.2, 0.25) is 5.91 Å². The summed E-state index contributed by atoms with van der Waals surface area (Å²) in [6.45, 7) is 5.51. The van der Waals surface area contributed by atoms with Crippen molar-refractivity contribution in [2.24, 2.45) is 35.3 Å². The van der Waals surface area contributed by atoms with Crippen molar-refractivity contribution in [3.05, 3.63) is 22.8 Å². The van der Waals surface area contributed by atoms with Gasteiger partial charge in [-0.1, -0.05) is 13.8 Å². The number of primary amides is 1. The van der Waals surface area contributed by atoms with E-state index in [-0.39, 0.29) is 24.2 Å². The van der Waals surface area contributed by atoms with E-state index in [0.717, 1.165) is 24.2 Å². The van der Waals surface area contributed by atoms with Crippen LogP contribution in [0.3, 0.4) is 0 Å². The number of nitrogens with one attached hydrogen (secondary N) is 1. The van der Waals surface area contributed by atoms with E-state index in [0.29, 0.717) is 18.0 Å². The molecule has 3 aliphatic rings. The number of amides is 1. The number of carbonyl (C=O) groups is 5. The number of aliphatic hydroxyl groups is 1. The van der Waals surface area contributed by atoms with Gasteiger partial charge in [-0.3, -0.25) is 28.9 Å². The Morgan fingerprint density at radius 2 is 1.80 bits per heavy atom. The third-order valence-corrected chi connectivity index (χ3v) is 8.77. The molecule has 4 rings (SSSR count). The number of nitrogens with zero attached hydrogens (tertiary/aromatic N) is 2. The molecule has 0 heterocycles. The van der Waals surface area contributed by atoms with Gasteiger partial charge in [0.25, 0.3) is 0 Å². The summed E-state index contributed by atoms with van der Waals surface area (Å²) in [7, 11) is 6.82. The molecule has 1 amide bonds. The van der Waals surface area contributed by atoms with Gasteiger partial charge >= 0.3 is 0 Å². The molecule has 5 N–H and O–H groups in total. The molecular formula is C29H40N4O7. The molecule has 0 spiro atoms. The van der Waals surface area contributed by atoms with Crippen LogP contribution in [0.4, 0.5) is 5.69 Å². The number of likely N-dealkylation sites (N-methyl/N-ethyl adjacent to an activating group) is 1. The molecule has 11 heteroatoms. The number of Topliss-reactive ketones (excluding diaryl/α,β-unsaturated/α-hetero) is 4. The van der Waals surface area contributed by atoms with Crippen LogP contribution in [0.1, 0.15) is 48.2 Å². The minimum absolute atomic E-state index is 0.00114. The summed E-state index contributed by atoms with van der Waals surface area (Å²) >= 11 is 0. The van der Waals surface area contributed by atoms with E-state index in [1.54, 1.807) is 14.1 Å². The molecule has 0 radical (unpaired) electrons. The normalized spacial score (nSPS) is 29.9. The largest absolute Gasteiger partial charge is 0.507 e. The van der Waals surface area contributed by atoms with Crippen LogP contribution in [0.5, 0.6) is 5.75 Å². The minimum atomic E-state index is -2.73. The molecular weight excluding hydrogens is 516 g/mol. The average Bonchev–Trinajstić information content (AvgIpc) is 2.83. The maximum Gasteiger partial charge on any atom is 0.235 e. The monoisotopic (exact) mass is 556 g/mol. The number of benzene rings is 1. The van der Waals surface area contributed by atoms with Crippen molar-refractivity contribution >= 4 is 34.7 Å². The summed E-state index contributed by atoms with van der Waals surface area (Å²) in [5, 5.41) is 26.1. The molecule has 6 atom stereocenters. The first-order valence-electron chi connectivity index (χ1n) is 13.7. The minimum Gasteiger partial charge on any atom is -0.507 e. The number of phenolic OH excluding ortho intramolecular Hbond substituents is 1. The zero-order chi connectivity index (χ0) is 29.8. The van der Waals surface area contributed by atoms with Crippen molar-refractivity contribution in [3.8, 4) is 5.75 Å². The molecule has 0 bridgehead atoms. The number of phenols is 1. The van der Waals surface area contributed by atoms with Crippen molar-refractivity contribution in [1.29, 1.82) is 0 Å². The summed E-state index contributed by atoms with van der Waals surface area (Å²) in [4.78, 5) is 69.9. The van der Waals surface area contributed by atoms with Gasteiger partial charge in [-0.25, -0.2) is 0 Å². The summed E-state index contributed by atoms with van der Waals surface area (Å²) in [5.41, 5.74) is 4.80. The van der Waals surface area contributed by atoms with Crippen molar-refractivity contribution in [2.45, 2.75) is 51.3 Å². The Morgan fingerprint density at radius 3 is 2.35 bits per heavy atom. The Balaban J connectivity index is 1.80. The summed E-state index contributed by atoms with van der Waals surface area (Å²) < 4.78 is 0. The third kappa shape index (κ3) is 4.53. The molecule has 2 unspecified atom stereocenters. The number of aromatic hydroxyl groups is 1. The van der Waals surface area contributed by atoms with E-state index in [2.05, 4.69) is 19.2 Å². The van der Waals surface area contributed by atoms with E-state index in [1.165, 1.54) is 11.0 Å². The Bertz CT molecular complexity index is 1270. The first-order valence-corrected chi connectivity index (χ1v) is 13.7. The van der Waals surface area contributed by atoms with E-state index in [4.69, 9.17) is 5.73 Å². The van der Waals surface area contributed by atoms with Crippen LogP contribution in [0.2, 0.25) is 0 Å². The van der Waals surface area contributed by atoms with Crippen LogP contribution in [-0.2, 0) is 32.1 Å². The van der Waals surface area contributed by atoms with Gasteiger partial charge in [0.1, 0.15) is 5.75 Å². The van der Waals surface area contributed by atoms with Gasteiger partial charge in [0.05, 0.1) is 17.5 Å². The Morgan fingerprint density at radius 1 is 1.15 bits per heavy atom. The first-order chi connectivity index (χ1) is 18.6. The molecule has 1 aromatic rings. The predicted molar refractivity (Wildman–Crippen MR) is 147 cm³/mol. The van der Waals surface area contributed by atoms with E-state index in [9.17, 15) is 34.2 Å². The number of ketones is 4. The Labute approximate surface area is 234 Å². The number of fused-ring (bicyclic) bond motifs is 3. The fourth-order valence-corrected chi connectivity index (χ4v) is 7.03. The number of hydrogen-bond acceptors (Lipinski definition) is 10. The topological polar surface area (TPSA) is 170 Å². The second-order valence-electron chi connectivity index (χ2n) is 12.3. The van der Waals surface area contributed by atoms with Crippen molar-refractivity contribution in [3.63, 3.8) is 0 Å². The summed E-state index contributed by atoms with van der Waals surface area (Å²) in [5.74, 6) is -9.88. The molecule has 2 fully saturated rings. The molecule has 218 valence electrons. The molecule has 0 aliphatic heterocycles. The summed E-state index contributed by atoms with van der Waals surface area (Å²) in [6, 6.07) is 0.398. The number of anilines is 1. The van der Waals surface area contributed by atoms with Crippen molar-refractivity contribution in [1.82, 2.24) is 10.2 Å². The highest BCUT2D eigenvalue weighted by Crippen LogP contribution is 2.52. The van der Waals surface area contributed by atoms with Crippen LogP contribution < -0.4 is 16.0 Å². The molecule has 1 aromatic carbocycles. The smallest absolute Gasteiger partial charge is 0.235 e. The van der Waals surface area contributed by atoms with E-state index in [1.807, 2.05) is 19.0 Å². The molecule has 0 saturated heterocycles. The van der Waals surface area contributed by atoms with Gasteiger partial charge < -0.3 is 26.2 Å². The van der Waals surface area contributed by atoms with Crippen LogP contribution in [-0.4, -0.2) is 90.5 Å². The fraction of sp³-hybridized carbons (Fsp3) is 0.621. The van der Waals surface area contributed by atoms with Gasteiger partial charge in [0, 0.05) is 32.2 Å². The molecule has 40 heavy (non-hydrogen) atoms. The lowest BCUT2D eigenvalue weighted by Gasteiger charge is -2.52.